The third kappa shape index (κ3) is 2.30. The van der Waals surface area contributed by atoms with Crippen molar-refractivity contribution in [1.82, 2.24) is 5.16 Å². The van der Waals surface area contributed by atoms with Gasteiger partial charge in [0.05, 0.1) is 0 Å². The average molecular weight is 254 g/mol. The van der Waals surface area contributed by atoms with Gasteiger partial charge in [0.1, 0.15) is 23.6 Å². The molecule has 0 amide bonds. The Kier molecular flexibility index (Phi) is 3.12. The van der Waals surface area contributed by atoms with Gasteiger partial charge < -0.3 is 14.7 Å². The predicted octanol–water partition coefficient (Wildman–Crippen LogP) is 2.11. The second-order valence-corrected chi connectivity index (χ2v) is 3.81. The Labute approximate surface area is 101 Å². The van der Waals surface area contributed by atoms with Crippen molar-refractivity contribution >= 4 is 17.6 Å². The van der Waals surface area contributed by atoms with Gasteiger partial charge in [-0.05, 0) is 17.7 Å². The third-order valence-electron chi connectivity index (χ3n) is 2.27. The standard InChI is InChI=1S/C11H8ClNO4/c12-7-3-1-6(2-4-7)10(14)9-8(11(15)16)5-17-13-9/h1-5,10,14H,(H,15,16)/t10-/m1/s1. The van der Waals surface area contributed by atoms with Gasteiger partial charge in [0, 0.05) is 5.02 Å². The quantitative estimate of drug-likeness (QED) is 0.875. The summed E-state index contributed by atoms with van der Waals surface area (Å²) in [6.45, 7) is 0. The van der Waals surface area contributed by atoms with Crippen molar-refractivity contribution in [3.63, 3.8) is 0 Å². The zero-order chi connectivity index (χ0) is 12.4. The monoisotopic (exact) mass is 253 g/mol. The van der Waals surface area contributed by atoms with Gasteiger partial charge in [0.25, 0.3) is 0 Å². The number of aliphatic hydroxyl groups is 1. The molecule has 0 unspecified atom stereocenters. The normalized spacial score (nSPS) is 12.4. The van der Waals surface area contributed by atoms with Crippen LogP contribution in [0, 0.1) is 0 Å². The van der Waals surface area contributed by atoms with Crippen LogP contribution < -0.4 is 0 Å². The van der Waals surface area contributed by atoms with Crippen molar-refractivity contribution in [1.29, 1.82) is 0 Å². The molecule has 0 radical (unpaired) electrons. The van der Waals surface area contributed by atoms with Crippen molar-refractivity contribution in [2.45, 2.75) is 6.10 Å². The molecule has 0 aliphatic heterocycles. The molecule has 5 nitrogen and oxygen atoms in total. The maximum absolute atomic E-state index is 10.8. The fourth-order valence-electron chi connectivity index (χ4n) is 1.41. The SMILES string of the molecule is O=C(O)c1conc1[C@H](O)c1ccc(Cl)cc1. The molecule has 6 heteroatoms. The molecule has 1 heterocycles. The van der Waals surface area contributed by atoms with Gasteiger partial charge in [-0.1, -0.05) is 28.9 Å². The Bertz CT molecular complexity index is 535. The zero-order valence-corrected chi connectivity index (χ0v) is 9.26. The van der Waals surface area contributed by atoms with Gasteiger partial charge in [-0.25, -0.2) is 4.79 Å². The highest BCUT2D eigenvalue weighted by molar-refractivity contribution is 6.30. The Balaban J connectivity index is 2.36. The van der Waals surface area contributed by atoms with Crippen molar-refractivity contribution in [2.75, 3.05) is 0 Å². The van der Waals surface area contributed by atoms with E-state index in [0.29, 0.717) is 10.6 Å². The highest BCUT2D eigenvalue weighted by Gasteiger charge is 2.22. The van der Waals surface area contributed by atoms with Crippen LogP contribution in [-0.2, 0) is 0 Å². The number of carbonyl (C=O) groups is 1. The van der Waals surface area contributed by atoms with E-state index in [-0.39, 0.29) is 11.3 Å². The van der Waals surface area contributed by atoms with Crippen LogP contribution in [0.5, 0.6) is 0 Å². The van der Waals surface area contributed by atoms with Crippen LogP contribution in [0.25, 0.3) is 0 Å². The lowest BCUT2D eigenvalue weighted by Crippen LogP contribution is -2.06. The Morgan fingerprint density at radius 3 is 2.59 bits per heavy atom. The summed E-state index contributed by atoms with van der Waals surface area (Å²) in [5.41, 5.74) is 0.304. The Morgan fingerprint density at radius 2 is 2.00 bits per heavy atom. The number of benzene rings is 1. The summed E-state index contributed by atoms with van der Waals surface area (Å²) in [5, 5.41) is 22.9. The van der Waals surface area contributed by atoms with Gasteiger partial charge in [-0.3, -0.25) is 0 Å². The van der Waals surface area contributed by atoms with E-state index in [1.165, 1.54) is 0 Å². The number of aliphatic hydroxyl groups excluding tert-OH is 1. The summed E-state index contributed by atoms with van der Waals surface area (Å²) in [7, 11) is 0. The maximum Gasteiger partial charge on any atom is 0.341 e. The van der Waals surface area contributed by atoms with Crippen LogP contribution in [0.3, 0.4) is 0 Å². The number of hydrogen-bond acceptors (Lipinski definition) is 4. The van der Waals surface area contributed by atoms with E-state index in [9.17, 15) is 9.90 Å². The molecule has 0 bridgehead atoms. The number of aromatic carboxylic acids is 1. The zero-order valence-electron chi connectivity index (χ0n) is 8.50. The van der Waals surface area contributed by atoms with Crippen LogP contribution in [-0.4, -0.2) is 21.3 Å². The number of nitrogens with zero attached hydrogens (tertiary/aromatic N) is 1. The van der Waals surface area contributed by atoms with Gasteiger partial charge in [-0.15, -0.1) is 0 Å². The minimum Gasteiger partial charge on any atom is -0.478 e. The largest absolute Gasteiger partial charge is 0.478 e. The number of carboxylic acid groups (broad SMARTS) is 1. The lowest BCUT2D eigenvalue weighted by Gasteiger charge is -2.08. The molecule has 1 aromatic heterocycles. The van der Waals surface area contributed by atoms with Gasteiger partial charge in [0.15, 0.2) is 0 Å². The predicted molar refractivity (Wildman–Crippen MR) is 59.0 cm³/mol. The van der Waals surface area contributed by atoms with Crippen LogP contribution >= 0.6 is 11.6 Å². The van der Waals surface area contributed by atoms with Crippen LogP contribution in [0.1, 0.15) is 27.7 Å². The summed E-state index contributed by atoms with van der Waals surface area (Å²) in [6, 6.07) is 6.38. The molecule has 0 spiro atoms. The molecule has 2 aromatic rings. The van der Waals surface area contributed by atoms with E-state index in [1.807, 2.05) is 0 Å². The summed E-state index contributed by atoms with van der Waals surface area (Å²) in [5.74, 6) is -1.20. The van der Waals surface area contributed by atoms with Crippen molar-refractivity contribution < 1.29 is 19.5 Å². The molecule has 1 atom stereocenters. The minimum absolute atomic E-state index is 0.0279. The molecular weight excluding hydrogens is 246 g/mol. The molecule has 0 saturated carbocycles. The van der Waals surface area contributed by atoms with E-state index in [4.69, 9.17) is 16.7 Å². The van der Waals surface area contributed by atoms with E-state index in [0.717, 1.165) is 6.26 Å². The van der Waals surface area contributed by atoms with E-state index < -0.39 is 12.1 Å². The molecule has 0 saturated heterocycles. The van der Waals surface area contributed by atoms with Crippen molar-refractivity contribution in [3.05, 3.63) is 52.4 Å². The summed E-state index contributed by atoms with van der Waals surface area (Å²) >= 11 is 5.71. The Morgan fingerprint density at radius 1 is 1.35 bits per heavy atom. The molecule has 2 rings (SSSR count). The summed E-state index contributed by atoms with van der Waals surface area (Å²) < 4.78 is 4.56. The first-order valence-electron chi connectivity index (χ1n) is 4.70. The van der Waals surface area contributed by atoms with E-state index in [1.54, 1.807) is 24.3 Å². The van der Waals surface area contributed by atoms with Crippen molar-refractivity contribution in [3.8, 4) is 0 Å². The average Bonchev–Trinajstić information content (AvgIpc) is 2.78. The molecule has 0 aliphatic carbocycles. The number of aromatic nitrogens is 1. The van der Waals surface area contributed by atoms with Gasteiger partial charge in [-0.2, -0.15) is 0 Å². The van der Waals surface area contributed by atoms with Crippen molar-refractivity contribution in [2.24, 2.45) is 0 Å². The number of hydrogen-bond donors (Lipinski definition) is 2. The summed E-state index contributed by atoms with van der Waals surface area (Å²) in [6.07, 6.45) is -0.173. The highest BCUT2D eigenvalue weighted by atomic mass is 35.5. The lowest BCUT2D eigenvalue weighted by molar-refractivity contribution is 0.0691. The molecule has 17 heavy (non-hydrogen) atoms. The third-order valence-corrected chi connectivity index (χ3v) is 2.52. The fraction of sp³-hybridized carbons (Fsp3) is 0.0909. The first-order chi connectivity index (χ1) is 8.09. The highest BCUT2D eigenvalue weighted by Crippen LogP contribution is 2.24. The van der Waals surface area contributed by atoms with Gasteiger partial charge >= 0.3 is 5.97 Å². The van der Waals surface area contributed by atoms with Gasteiger partial charge in [0.2, 0.25) is 0 Å². The first kappa shape index (κ1) is 11.6. The van der Waals surface area contributed by atoms with Crippen LogP contribution in [0.2, 0.25) is 5.02 Å². The van der Waals surface area contributed by atoms with Crippen LogP contribution in [0.15, 0.2) is 35.1 Å². The lowest BCUT2D eigenvalue weighted by atomic mass is 10.0. The second kappa shape index (κ2) is 4.57. The molecule has 2 N–H and O–H groups in total. The molecule has 0 fully saturated rings. The number of rotatable bonds is 3. The number of carboxylic acids is 1. The van der Waals surface area contributed by atoms with E-state index >= 15 is 0 Å². The smallest absolute Gasteiger partial charge is 0.341 e. The topological polar surface area (TPSA) is 83.6 Å². The molecule has 0 aliphatic rings. The number of halogens is 1. The Hall–Kier alpha value is -1.85. The maximum atomic E-state index is 10.8. The summed E-state index contributed by atoms with van der Waals surface area (Å²) in [4.78, 5) is 10.8. The molecular formula is C11H8ClNO4. The second-order valence-electron chi connectivity index (χ2n) is 3.37. The minimum atomic E-state index is -1.20. The van der Waals surface area contributed by atoms with Crippen LogP contribution in [0.4, 0.5) is 0 Å². The van der Waals surface area contributed by atoms with E-state index in [2.05, 4.69) is 9.68 Å². The molecule has 88 valence electrons. The molecule has 1 aromatic carbocycles. The first-order valence-corrected chi connectivity index (χ1v) is 5.08. The fourth-order valence-corrected chi connectivity index (χ4v) is 1.53.